The lowest BCUT2D eigenvalue weighted by molar-refractivity contribution is 0.102. The maximum Gasteiger partial charge on any atom is 0.151 e. The highest BCUT2D eigenvalue weighted by molar-refractivity contribution is 5.05. The Labute approximate surface area is 110 Å². The van der Waals surface area contributed by atoms with Crippen molar-refractivity contribution in [1.82, 2.24) is 15.4 Å². The van der Waals surface area contributed by atoms with Gasteiger partial charge in [-0.3, -0.25) is 4.90 Å². The maximum absolute atomic E-state index is 5.37. The lowest BCUT2D eigenvalue weighted by Crippen LogP contribution is -2.37. The van der Waals surface area contributed by atoms with Gasteiger partial charge in [-0.2, -0.15) is 0 Å². The van der Waals surface area contributed by atoms with E-state index in [1.54, 1.807) is 0 Å². The third kappa shape index (κ3) is 3.33. The van der Waals surface area contributed by atoms with Crippen LogP contribution in [0.15, 0.2) is 10.6 Å². The highest BCUT2D eigenvalue weighted by Crippen LogP contribution is 2.34. The van der Waals surface area contributed by atoms with E-state index in [1.807, 2.05) is 7.05 Å². The molecule has 0 atom stereocenters. The third-order valence-electron chi connectivity index (χ3n) is 4.26. The van der Waals surface area contributed by atoms with Crippen LogP contribution in [-0.4, -0.2) is 30.2 Å². The lowest BCUT2D eigenvalue weighted by atomic mass is 9.78. The summed E-state index contributed by atoms with van der Waals surface area (Å²) in [6.07, 6.45) is 3.87. The molecule has 102 valence electrons. The molecule has 1 aliphatic heterocycles. The Balaban J connectivity index is 1.83. The zero-order valence-corrected chi connectivity index (χ0v) is 11.8. The Hall–Kier alpha value is -0.870. The number of likely N-dealkylation sites (tertiary alicyclic amines) is 1. The molecule has 4 heteroatoms. The van der Waals surface area contributed by atoms with Crippen LogP contribution in [0, 0.1) is 5.41 Å². The monoisotopic (exact) mass is 251 g/mol. The predicted molar refractivity (Wildman–Crippen MR) is 72.2 cm³/mol. The molecule has 1 aromatic rings. The molecule has 1 aromatic heterocycles. The van der Waals surface area contributed by atoms with Crippen molar-refractivity contribution in [2.75, 3.05) is 20.1 Å². The van der Waals surface area contributed by atoms with Crippen molar-refractivity contribution in [2.45, 2.75) is 46.2 Å². The first-order chi connectivity index (χ1) is 8.65. The van der Waals surface area contributed by atoms with Gasteiger partial charge in [0.1, 0.15) is 0 Å². The SMILES string of the molecule is CCC1(C)CCN(Cc2cc(CNC)no2)CC1. The van der Waals surface area contributed by atoms with Gasteiger partial charge < -0.3 is 9.84 Å². The smallest absolute Gasteiger partial charge is 0.151 e. The van der Waals surface area contributed by atoms with Crippen LogP contribution in [0.4, 0.5) is 0 Å². The van der Waals surface area contributed by atoms with Crippen molar-refractivity contribution in [1.29, 1.82) is 0 Å². The second-order valence-corrected chi connectivity index (χ2v) is 5.76. The Bertz CT molecular complexity index is 367. The molecule has 2 rings (SSSR count). The molecule has 2 heterocycles. The van der Waals surface area contributed by atoms with Crippen molar-refractivity contribution >= 4 is 0 Å². The minimum Gasteiger partial charge on any atom is -0.360 e. The highest BCUT2D eigenvalue weighted by atomic mass is 16.5. The Kier molecular flexibility index (Phi) is 4.40. The summed E-state index contributed by atoms with van der Waals surface area (Å²) in [5.74, 6) is 0.986. The fourth-order valence-corrected chi connectivity index (χ4v) is 2.52. The van der Waals surface area contributed by atoms with Crippen molar-refractivity contribution < 1.29 is 4.52 Å². The Morgan fingerprint density at radius 3 is 2.78 bits per heavy atom. The molecule has 0 spiro atoms. The molecule has 1 aliphatic rings. The molecule has 0 amide bonds. The number of rotatable bonds is 5. The van der Waals surface area contributed by atoms with Crippen molar-refractivity contribution in [3.8, 4) is 0 Å². The van der Waals surface area contributed by atoms with Crippen molar-refractivity contribution in [2.24, 2.45) is 5.41 Å². The second-order valence-electron chi connectivity index (χ2n) is 5.76. The van der Waals surface area contributed by atoms with Crippen LogP contribution in [0.2, 0.25) is 0 Å². The van der Waals surface area contributed by atoms with Gasteiger partial charge in [-0.1, -0.05) is 25.4 Å². The van der Waals surface area contributed by atoms with Gasteiger partial charge in [0.15, 0.2) is 5.76 Å². The van der Waals surface area contributed by atoms with Gasteiger partial charge in [0.05, 0.1) is 12.2 Å². The molecule has 0 radical (unpaired) electrons. The number of piperidine rings is 1. The maximum atomic E-state index is 5.37. The number of hydrogen-bond donors (Lipinski definition) is 1. The topological polar surface area (TPSA) is 41.3 Å². The van der Waals surface area contributed by atoms with Gasteiger partial charge in [0.25, 0.3) is 0 Å². The molecule has 0 aliphatic carbocycles. The summed E-state index contributed by atoms with van der Waals surface area (Å²) < 4.78 is 5.37. The van der Waals surface area contributed by atoms with E-state index in [2.05, 4.69) is 35.3 Å². The van der Waals surface area contributed by atoms with Crippen LogP contribution in [0.3, 0.4) is 0 Å². The Morgan fingerprint density at radius 1 is 1.44 bits per heavy atom. The van der Waals surface area contributed by atoms with E-state index in [0.717, 1.165) is 24.5 Å². The molecule has 4 nitrogen and oxygen atoms in total. The van der Waals surface area contributed by atoms with E-state index < -0.39 is 0 Å². The normalized spacial score (nSPS) is 20.2. The standard InChI is InChI=1S/C14H25N3O/c1-4-14(2)5-7-17(8-6-14)11-13-9-12(10-15-3)16-18-13/h9,15H,4-8,10-11H2,1-3H3. The van der Waals surface area contributed by atoms with E-state index in [9.17, 15) is 0 Å². The zero-order chi connectivity index (χ0) is 13.0. The number of aromatic nitrogens is 1. The summed E-state index contributed by atoms with van der Waals surface area (Å²) in [4.78, 5) is 2.47. The summed E-state index contributed by atoms with van der Waals surface area (Å²) in [7, 11) is 1.92. The minimum absolute atomic E-state index is 0.551. The molecule has 0 bridgehead atoms. The molecule has 0 saturated carbocycles. The molecule has 1 N–H and O–H groups in total. The van der Waals surface area contributed by atoms with Crippen LogP contribution < -0.4 is 5.32 Å². The predicted octanol–water partition coefficient (Wildman–Crippen LogP) is 2.41. The molecule has 1 saturated heterocycles. The first-order valence-electron chi connectivity index (χ1n) is 6.96. The van der Waals surface area contributed by atoms with Crippen molar-refractivity contribution in [3.63, 3.8) is 0 Å². The van der Waals surface area contributed by atoms with Crippen LogP contribution in [-0.2, 0) is 13.1 Å². The van der Waals surface area contributed by atoms with Crippen molar-refractivity contribution in [3.05, 3.63) is 17.5 Å². The number of nitrogens with one attached hydrogen (secondary N) is 1. The van der Waals surface area contributed by atoms with E-state index in [-0.39, 0.29) is 0 Å². The van der Waals surface area contributed by atoms with Crippen LogP contribution >= 0.6 is 0 Å². The number of hydrogen-bond acceptors (Lipinski definition) is 4. The summed E-state index contributed by atoms with van der Waals surface area (Å²) >= 11 is 0. The summed E-state index contributed by atoms with van der Waals surface area (Å²) in [5.41, 5.74) is 1.54. The second kappa shape index (κ2) is 5.85. The Morgan fingerprint density at radius 2 is 2.17 bits per heavy atom. The van der Waals surface area contributed by atoms with E-state index in [0.29, 0.717) is 5.41 Å². The van der Waals surface area contributed by atoms with Gasteiger partial charge in [-0.15, -0.1) is 0 Å². The summed E-state index contributed by atoms with van der Waals surface area (Å²) in [6, 6.07) is 2.06. The van der Waals surface area contributed by atoms with Gasteiger partial charge in [0.2, 0.25) is 0 Å². The first-order valence-corrected chi connectivity index (χ1v) is 6.96. The fraction of sp³-hybridized carbons (Fsp3) is 0.786. The van der Waals surface area contributed by atoms with Crippen LogP contribution in [0.25, 0.3) is 0 Å². The third-order valence-corrected chi connectivity index (χ3v) is 4.26. The van der Waals surface area contributed by atoms with Gasteiger partial charge in [0, 0.05) is 12.6 Å². The molecular formula is C14H25N3O. The lowest BCUT2D eigenvalue weighted by Gasteiger charge is -2.38. The zero-order valence-electron chi connectivity index (χ0n) is 11.8. The molecular weight excluding hydrogens is 226 g/mol. The molecule has 0 unspecified atom stereocenters. The quantitative estimate of drug-likeness (QED) is 0.872. The molecule has 1 fully saturated rings. The first kappa shape index (κ1) is 13.6. The molecule has 0 aromatic carbocycles. The average molecular weight is 251 g/mol. The van der Waals surface area contributed by atoms with Gasteiger partial charge >= 0.3 is 0 Å². The van der Waals surface area contributed by atoms with Crippen LogP contribution in [0.1, 0.15) is 44.6 Å². The van der Waals surface area contributed by atoms with E-state index in [1.165, 1.54) is 32.4 Å². The largest absolute Gasteiger partial charge is 0.360 e. The van der Waals surface area contributed by atoms with Gasteiger partial charge in [-0.05, 0) is 38.4 Å². The fourth-order valence-electron chi connectivity index (χ4n) is 2.52. The van der Waals surface area contributed by atoms with E-state index >= 15 is 0 Å². The summed E-state index contributed by atoms with van der Waals surface area (Å²) in [5, 5.41) is 7.14. The van der Waals surface area contributed by atoms with E-state index in [4.69, 9.17) is 4.52 Å². The number of nitrogens with zero attached hydrogens (tertiary/aromatic N) is 2. The summed E-state index contributed by atoms with van der Waals surface area (Å²) in [6.45, 7) is 8.73. The minimum atomic E-state index is 0.551. The van der Waals surface area contributed by atoms with Gasteiger partial charge in [-0.25, -0.2) is 0 Å². The molecule has 18 heavy (non-hydrogen) atoms. The van der Waals surface area contributed by atoms with Crippen LogP contribution in [0.5, 0.6) is 0 Å². The average Bonchev–Trinajstić information content (AvgIpc) is 2.81. The highest BCUT2D eigenvalue weighted by Gasteiger charge is 2.28.